The van der Waals surface area contributed by atoms with Gasteiger partial charge in [-0.2, -0.15) is 0 Å². The fourth-order valence-corrected chi connectivity index (χ4v) is 4.73. The molecule has 0 bridgehead atoms. The molecule has 0 atom stereocenters. The van der Waals surface area contributed by atoms with Crippen LogP contribution in [0.4, 0.5) is 5.00 Å². The van der Waals surface area contributed by atoms with Gasteiger partial charge >= 0.3 is 5.97 Å². The van der Waals surface area contributed by atoms with Gasteiger partial charge in [0, 0.05) is 11.3 Å². The smallest absolute Gasteiger partial charge is 0.338 e. The lowest BCUT2D eigenvalue weighted by atomic mass is 10.1. The van der Waals surface area contributed by atoms with Crippen LogP contribution in [0.15, 0.2) is 18.2 Å². The molecule has 4 rings (SSSR count). The number of fused-ring (bicyclic) bond motifs is 2. The van der Waals surface area contributed by atoms with Crippen molar-refractivity contribution in [3.8, 4) is 11.5 Å². The minimum atomic E-state index is -0.653. The van der Waals surface area contributed by atoms with E-state index in [-0.39, 0.29) is 5.56 Å². The maximum Gasteiger partial charge on any atom is 0.338 e. The van der Waals surface area contributed by atoms with Gasteiger partial charge in [0.1, 0.15) is 5.00 Å². The number of hydrogen-bond donors (Lipinski definition) is 2. The van der Waals surface area contributed by atoms with Gasteiger partial charge in [0.25, 0.3) is 11.8 Å². The van der Waals surface area contributed by atoms with Crippen LogP contribution in [-0.2, 0) is 22.4 Å². The van der Waals surface area contributed by atoms with Crippen molar-refractivity contribution in [1.29, 1.82) is 0 Å². The van der Waals surface area contributed by atoms with Crippen molar-refractivity contribution in [1.82, 2.24) is 0 Å². The molecule has 0 spiro atoms. The first-order chi connectivity index (χ1) is 14.0. The third kappa shape index (κ3) is 4.04. The molecule has 0 unspecified atom stereocenters. The van der Waals surface area contributed by atoms with Crippen molar-refractivity contribution in [2.24, 2.45) is 5.73 Å². The second-order valence-electron chi connectivity index (χ2n) is 6.76. The average molecular weight is 416 g/mol. The normalized spacial score (nSPS) is 14.6. The molecule has 9 heteroatoms. The highest BCUT2D eigenvalue weighted by Crippen LogP contribution is 2.38. The maximum atomic E-state index is 12.3. The Morgan fingerprint density at radius 2 is 1.90 bits per heavy atom. The number of carbonyl (C=O) groups is 3. The van der Waals surface area contributed by atoms with E-state index in [4.69, 9.17) is 19.9 Å². The number of anilines is 1. The fourth-order valence-electron chi connectivity index (χ4n) is 3.42. The molecule has 152 valence electrons. The molecule has 1 aromatic heterocycles. The van der Waals surface area contributed by atoms with Crippen molar-refractivity contribution in [2.45, 2.75) is 25.7 Å². The Labute approximate surface area is 170 Å². The first-order valence-corrected chi connectivity index (χ1v) is 10.2. The summed E-state index contributed by atoms with van der Waals surface area (Å²) in [5, 5.41) is 3.06. The summed E-state index contributed by atoms with van der Waals surface area (Å²) in [5.41, 5.74) is 7.03. The molecule has 2 aliphatic rings. The lowest BCUT2D eigenvalue weighted by molar-refractivity contribution is -0.119. The largest absolute Gasteiger partial charge is 0.490 e. The molecular weight excluding hydrogens is 396 g/mol. The van der Waals surface area contributed by atoms with Crippen LogP contribution in [0.2, 0.25) is 0 Å². The predicted octanol–water partition coefficient (Wildman–Crippen LogP) is 2.29. The quantitative estimate of drug-likeness (QED) is 0.723. The third-order valence-corrected chi connectivity index (χ3v) is 5.95. The van der Waals surface area contributed by atoms with Gasteiger partial charge in [-0.25, -0.2) is 4.79 Å². The number of primary amides is 1. The fraction of sp³-hybridized carbons (Fsp3) is 0.350. The van der Waals surface area contributed by atoms with Gasteiger partial charge in [-0.15, -0.1) is 11.3 Å². The number of aryl methyl sites for hydroxylation is 1. The molecule has 0 fully saturated rings. The Kier molecular flexibility index (Phi) is 5.39. The second kappa shape index (κ2) is 8.12. The van der Waals surface area contributed by atoms with Gasteiger partial charge in [0.05, 0.1) is 24.3 Å². The van der Waals surface area contributed by atoms with E-state index in [0.29, 0.717) is 35.3 Å². The molecule has 1 aliphatic heterocycles. The second-order valence-corrected chi connectivity index (χ2v) is 7.87. The third-order valence-electron chi connectivity index (χ3n) is 4.74. The number of hydrogen-bond acceptors (Lipinski definition) is 7. The number of benzene rings is 1. The SMILES string of the molecule is NC(=O)c1c(NC(=O)COC(=O)c2ccc3c(c2)OCCCO3)sc2c1CCC2. The van der Waals surface area contributed by atoms with Crippen LogP contribution < -0.4 is 20.5 Å². The Hall–Kier alpha value is -3.07. The zero-order valence-electron chi connectivity index (χ0n) is 15.6. The number of thiophene rings is 1. The zero-order chi connectivity index (χ0) is 20.4. The maximum absolute atomic E-state index is 12.3. The van der Waals surface area contributed by atoms with Crippen LogP contribution in [0.1, 0.15) is 44.0 Å². The summed E-state index contributed by atoms with van der Waals surface area (Å²) in [5.74, 6) is -0.708. The highest BCUT2D eigenvalue weighted by Gasteiger charge is 2.26. The first-order valence-electron chi connectivity index (χ1n) is 9.34. The zero-order valence-corrected chi connectivity index (χ0v) is 16.4. The molecular formula is C20H20N2O6S. The van der Waals surface area contributed by atoms with Crippen LogP contribution in [0.3, 0.4) is 0 Å². The summed E-state index contributed by atoms with van der Waals surface area (Å²) < 4.78 is 16.2. The van der Waals surface area contributed by atoms with E-state index in [9.17, 15) is 14.4 Å². The summed E-state index contributed by atoms with van der Waals surface area (Å²) in [6.07, 6.45) is 3.38. The van der Waals surface area contributed by atoms with Gasteiger partial charge < -0.3 is 25.3 Å². The van der Waals surface area contributed by atoms with Crippen molar-refractivity contribution in [3.05, 3.63) is 39.8 Å². The van der Waals surface area contributed by atoms with E-state index >= 15 is 0 Å². The van der Waals surface area contributed by atoms with Crippen molar-refractivity contribution < 1.29 is 28.6 Å². The van der Waals surface area contributed by atoms with Crippen molar-refractivity contribution in [2.75, 3.05) is 25.1 Å². The van der Waals surface area contributed by atoms with E-state index in [1.807, 2.05) is 0 Å². The molecule has 8 nitrogen and oxygen atoms in total. The van der Waals surface area contributed by atoms with E-state index in [1.165, 1.54) is 17.4 Å². The highest BCUT2D eigenvalue weighted by atomic mass is 32.1. The topological polar surface area (TPSA) is 117 Å². The lowest BCUT2D eigenvalue weighted by Gasteiger charge is -2.10. The molecule has 29 heavy (non-hydrogen) atoms. The summed E-state index contributed by atoms with van der Waals surface area (Å²) >= 11 is 1.35. The molecule has 2 aromatic rings. The van der Waals surface area contributed by atoms with Crippen LogP contribution in [0.5, 0.6) is 11.5 Å². The minimum Gasteiger partial charge on any atom is -0.490 e. The number of amides is 2. The van der Waals surface area contributed by atoms with Gasteiger partial charge in [0.15, 0.2) is 18.1 Å². The monoisotopic (exact) mass is 416 g/mol. The number of nitrogens with two attached hydrogens (primary N) is 1. The van der Waals surface area contributed by atoms with Crippen molar-refractivity contribution >= 4 is 34.1 Å². The summed E-state index contributed by atoms with van der Waals surface area (Å²) in [4.78, 5) is 37.4. The van der Waals surface area contributed by atoms with Gasteiger partial charge in [-0.3, -0.25) is 9.59 Å². The van der Waals surface area contributed by atoms with Gasteiger partial charge in [-0.05, 0) is 43.0 Å². The predicted molar refractivity (Wildman–Crippen MR) is 106 cm³/mol. The molecule has 1 aliphatic carbocycles. The van der Waals surface area contributed by atoms with Crippen LogP contribution in [0, 0.1) is 0 Å². The van der Waals surface area contributed by atoms with Crippen LogP contribution in [-0.4, -0.2) is 37.6 Å². The van der Waals surface area contributed by atoms with E-state index in [1.54, 1.807) is 12.1 Å². The summed E-state index contributed by atoms with van der Waals surface area (Å²) in [7, 11) is 0. The van der Waals surface area contributed by atoms with Gasteiger partial charge in [0.2, 0.25) is 0 Å². The van der Waals surface area contributed by atoms with E-state index in [0.717, 1.165) is 36.1 Å². The Balaban J connectivity index is 1.38. The standard InChI is InChI=1S/C20H20N2O6S/c21-18(24)17-12-3-1-4-15(12)29-19(17)22-16(23)10-28-20(25)11-5-6-13-14(9-11)27-8-2-7-26-13/h5-6,9H,1-4,7-8,10H2,(H2,21,24)(H,22,23). The van der Waals surface area contributed by atoms with Crippen LogP contribution in [0.25, 0.3) is 0 Å². The molecule has 2 heterocycles. The molecule has 2 amide bonds. The van der Waals surface area contributed by atoms with E-state index < -0.39 is 24.4 Å². The van der Waals surface area contributed by atoms with Crippen LogP contribution >= 0.6 is 11.3 Å². The molecule has 1 aromatic carbocycles. The number of esters is 1. The number of carbonyl (C=O) groups excluding carboxylic acids is 3. The van der Waals surface area contributed by atoms with Crippen molar-refractivity contribution in [3.63, 3.8) is 0 Å². The molecule has 3 N–H and O–H groups in total. The Bertz CT molecular complexity index is 984. The average Bonchev–Trinajstić information content (AvgIpc) is 3.17. The Morgan fingerprint density at radius 1 is 1.10 bits per heavy atom. The number of rotatable bonds is 5. The first kappa shape index (κ1) is 19.3. The van der Waals surface area contributed by atoms with Gasteiger partial charge in [-0.1, -0.05) is 0 Å². The van der Waals surface area contributed by atoms with E-state index in [2.05, 4.69) is 5.32 Å². The molecule has 0 radical (unpaired) electrons. The minimum absolute atomic E-state index is 0.259. The number of nitrogens with one attached hydrogen (secondary N) is 1. The summed E-state index contributed by atoms with van der Waals surface area (Å²) in [6, 6.07) is 4.74. The Morgan fingerprint density at radius 3 is 2.69 bits per heavy atom. The number of ether oxygens (including phenoxy) is 3. The molecule has 0 saturated heterocycles. The highest BCUT2D eigenvalue weighted by molar-refractivity contribution is 7.17. The lowest BCUT2D eigenvalue weighted by Crippen LogP contribution is -2.22. The summed E-state index contributed by atoms with van der Waals surface area (Å²) in [6.45, 7) is 0.575. The molecule has 0 saturated carbocycles.